The van der Waals surface area contributed by atoms with Crippen LogP contribution in [0.25, 0.3) is 0 Å². The van der Waals surface area contributed by atoms with Crippen molar-refractivity contribution in [3.63, 3.8) is 0 Å². The van der Waals surface area contributed by atoms with Crippen LogP contribution in [0.2, 0.25) is 0 Å². The Morgan fingerprint density at radius 3 is 1.57 bits per heavy atom. The van der Waals surface area contributed by atoms with Crippen LogP contribution in [0.3, 0.4) is 0 Å². The van der Waals surface area contributed by atoms with Gasteiger partial charge in [-0.15, -0.1) is 0 Å². The molecule has 0 heterocycles. The van der Waals surface area contributed by atoms with Crippen LogP contribution in [0.15, 0.2) is 48.5 Å². The highest BCUT2D eigenvalue weighted by atomic mass is 32.2. The molecule has 2 atom stereocenters. The number of aliphatic hydroxyl groups excluding tert-OH is 2. The Morgan fingerprint density at radius 1 is 0.826 bits per heavy atom. The largest absolute Gasteiger partial charge is 0.399 e. The molecule has 6 N–H and O–H groups in total. The summed E-state index contributed by atoms with van der Waals surface area (Å²) in [7, 11) is -3.68. The van der Waals surface area contributed by atoms with Crippen molar-refractivity contribution in [1.29, 1.82) is 0 Å². The minimum atomic E-state index is -3.68. The first-order chi connectivity index (χ1) is 10.8. The predicted molar refractivity (Wildman–Crippen MR) is 90.3 cm³/mol. The lowest BCUT2D eigenvalue weighted by molar-refractivity contribution is 0.194. The van der Waals surface area contributed by atoms with E-state index in [-0.39, 0.29) is 0 Å². The average Bonchev–Trinajstić information content (AvgIpc) is 2.46. The molecular formula is C16H20N2O4S. The van der Waals surface area contributed by atoms with E-state index in [1.807, 2.05) is 0 Å². The maximum absolute atomic E-state index is 12.2. The molecule has 0 spiro atoms. The highest BCUT2D eigenvalue weighted by Gasteiger charge is 2.23. The van der Waals surface area contributed by atoms with E-state index in [2.05, 4.69) is 0 Å². The van der Waals surface area contributed by atoms with Crippen LogP contribution in [0.5, 0.6) is 0 Å². The van der Waals surface area contributed by atoms with E-state index in [1.165, 1.54) is 12.1 Å². The molecule has 2 aromatic rings. The summed E-state index contributed by atoms with van der Waals surface area (Å²) in [6.07, 6.45) is -2.40. The second kappa shape index (κ2) is 6.99. The van der Waals surface area contributed by atoms with Crippen LogP contribution in [0.1, 0.15) is 23.3 Å². The van der Waals surface area contributed by atoms with Crippen LogP contribution in [-0.4, -0.2) is 30.1 Å². The van der Waals surface area contributed by atoms with Gasteiger partial charge in [-0.2, -0.15) is 0 Å². The summed E-state index contributed by atoms with van der Waals surface area (Å²) >= 11 is 0. The molecule has 2 aromatic carbocycles. The summed E-state index contributed by atoms with van der Waals surface area (Å²) in [5.41, 5.74) is 13.0. The number of aliphatic hydroxyl groups is 2. The lowest BCUT2D eigenvalue weighted by atomic mass is 10.1. The van der Waals surface area contributed by atoms with Gasteiger partial charge in [0.1, 0.15) is 0 Å². The molecule has 0 saturated carbocycles. The van der Waals surface area contributed by atoms with Crippen molar-refractivity contribution in [2.75, 3.05) is 23.0 Å². The normalized spacial score (nSPS) is 14.3. The van der Waals surface area contributed by atoms with Crippen molar-refractivity contribution < 1.29 is 18.6 Å². The second-order valence-electron chi connectivity index (χ2n) is 5.45. The van der Waals surface area contributed by atoms with Gasteiger partial charge in [-0.25, -0.2) is 8.42 Å². The van der Waals surface area contributed by atoms with E-state index in [0.29, 0.717) is 22.5 Å². The zero-order chi connectivity index (χ0) is 17.0. The maximum Gasteiger partial charge on any atom is 0.156 e. The van der Waals surface area contributed by atoms with E-state index in [4.69, 9.17) is 11.5 Å². The molecule has 0 aliphatic heterocycles. The van der Waals surface area contributed by atoms with E-state index in [9.17, 15) is 18.6 Å². The average molecular weight is 336 g/mol. The van der Waals surface area contributed by atoms with Crippen molar-refractivity contribution >= 4 is 21.2 Å². The molecule has 0 aliphatic carbocycles. The van der Waals surface area contributed by atoms with E-state index in [1.54, 1.807) is 36.4 Å². The van der Waals surface area contributed by atoms with E-state index < -0.39 is 33.6 Å². The second-order valence-corrected chi connectivity index (χ2v) is 7.60. The first-order valence-corrected chi connectivity index (χ1v) is 8.86. The third-order valence-corrected chi connectivity index (χ3v) is 5.06. The number of nitrogens with two attached hydrogens (primary N) is 2. The fourth-order valence-corrected chi connectivity index (χ4v) is 3.76. The Morgan fingerprint density at radius 2 is 1.22 bits per heavy atom. The number of hydrogen-bond acceptors (Lipinski definition) is 6. The van der Waals surface area contributed by atoms with Gasteiger partial charge in [0, 0.05) is 11.4 Å². The molecule has 0 aromatic heterocycles. The van der Waals surface area contributed by atoms with Gasteiger partial charge in [0.05, 0.1) is 23.7 Å². The van der Waals surface area contributed by atoms with Gasteiger partial charge < -0.3 is 21.7 Å². The monoisotopic (exact) mass is 336 g/mol. The Labute approximate surface area is 135 Å². The highest BCUT2D eigenvalue weighted by molar-refractivity contribution is 7.91. The van der Waals surface area contributed by atoms with Gasteiger partial charge >= 0.3 is 0 Å². The molecular weight excluding hydrogens is 316 g/mol. The molecule has 2 rings (SSSR count). The third kappa shape index (κ3) is 4.95. The van der Waals surface area contributed by atoms with Gasteiger partial charge in [0.15, 0.2) is 9.84 Å². The first kappa shape index (κ1) is 17.3. The van der Waals surface area contributed by atoms with Crippen molar-refractivity contribution in [2.45, 2.75) is 12.2 Å². The van der Waals surface area contributed by atoms with Crippen LogP contribution >= 0.6 is 0 Å². The summed E-state index contributed by atoms with van der Waals surface area (Å²) < 4.78 is 24.4. The SMILES string of the molecule is Nc1cccc(C(O)CS(=O)(=O)CC(O)c2cccc(N)c2)c1. The highest BCUT2D eigenvalue weighted by Crippen LogP contribution is 2.22. The van der Waals surface area contributed by atoms with Crippen LogP contribution < -0.4 is 11.5 Å². The quantitative estimate of drug-likeness (QED) is 0.584. The minimum absolute atomic E-state index is 0.423. The fraction of sp³-hybridized carbons (Fsp3) is 0.250. The molecule has 0 bridgehead atoms. The molecule has 2 unspecified atom stereocenters. The van der Waals surface area contributed by atoms with Crippen molar-refractivity contribution in [3.8, 4) is 0 Å². The Bertz CT molecular complexity index is 718. The molecule has 124 valence electrons. The third-order valence-electron chi connectivity index (χ3n) is 3.41. The molecule has 6 nitrogen and oxygen atoms in total. The van der Waals surface area contributed by atoms with Gasteiger partial charge in [0.2, 0.25) is 0 Å². The predicted octanol–water partition coefficient (Wildman–Crippen LogP) is 1.03. The lowest BCUT2D eigenvalue weighted by Crippen LogP contribution is -2.21. The summed E-state index contributed by atoms with van der Waals surface area (Å²) in [5.74, 6) is -0.980. The zero-order valence-electron chi connectivity index (χ0n) is 12.5. The van der Waals surface area contributed by atoms with Crippen molar-refractivity contribution in [1.82, 2.24) is 0 Å². The van der Waals surface area contributed by atoms with E-state index in [0.717, 1.165) is 0 Å². The molecule has 23 heavy (non-hydrogen) atoms. The number of benzene rings is 2. The number of sulfone groups is 1. The van der Waals surface area contributed by atoms with E-state index >= 15 is 0 Å². The number of anilines is 2. The topological polar surface area (TPSA) is 127 Å². The van der Waals surface area contributed by atoms with Crippen LogP contribution in [0, 0.1) is 0 Å². The maximum atomic E-state index is 12.2. The van der Waals surface area contributed by atoms with Gasteiger partial charge in [-0.05, 0) is 35.4 Å². The standard InChI is InChI=1S/C16H20N2O4S/c17-13-5-1-3-11(7-13)15(19)9-23(21,22)10-16(20)12-4-2-6-14(18)8-12/h1-8,15-16,19-20H,9-10,17-18H2. The molecule has 0 aliphatic rings. The molecule has 0 amide bonds. The van der Waals surface area contributed by atoms with Crippen LogP contribution in [-0.2, 0) is 9.84 Å². The molecule has 0 saturated heterocycles. The molecule has 0 radical (unpaired) electrons. The Hall–Kier alpha value is -2.09. The first-order valence-electron chi connectivity index (χ1n) is 7.04. The summed E-state index contributed by atoms with van der Waals surface area (Å²) in [5, 5.41) is 20.1. The Balaban J connectivity index is 2.07. The fourth-order valence-electron chi connectivity index (χ4n) is 2.27. The van der Waals surface area contributed by atoms with Gasteiger partial charge in [-0.3, -0.25) is 0 Å². The minimum Gasteiger partial charge on any atom is -0.399 e. The number of rotatable bonds is 6. The van der Waals surface area contributed by atoms with Crippen LogP contribution in [0.4, 0.5) is 11.4 Å². The summed E-state index contributed by atoms with van der Waals surface area (Å²) in [6, 6.07) is 12.8. The smallest absolute Gasteiger partial charge is 0.156 e. The lowest BCUT2D eigenvalue weighted by Gasteiger charge is -2.15. The van der Waals surface area contributed by atoms with Crippen molar-refractivity contribution in [2.24, 2.45) is 0 Å². The van der Waals surface area contributed by atoms with Crippen molar-refractivity contribution in [3.05, 3.63) is 59.7 Å². The molecule has 7 heteroatoms. The zero-order valence-corrected chi connectivity index (χ0v) is 13.3. The van der Waals surface area contributed by atoms with Gasteiger partial charge in [-0.1, -0.05) is 24.3 Å². The Kier molecular flexibility index (Phi) is 5.25. The number of nitrogen functional groups attached to an aromatic ring is 2. The number of hydrogen-bond donors (Lipinski definition) is 4. The summed E-state index contributed by atoms with van der Waals surface area (Å²) in [6.45, 7) is 0. The van der Waals surface area contributed by atoms with Gasteiger partial charge in [0.25, 0.3) is 0 Å². The molecule has 0 fully saturated rings. The summed E-state index contributed by atoms with van der Waals surface area (Å²) in [4.78, 5) is 0.